The van der Waals surface area contributed by atoms with Crippen molar-refractivity contribution in [2.75, 3.05) is 26.7 Å². The zero-order valence-corrected chi connectivity index (χ0v) is 14.4. The van der Waals surface area contributed by atoms with Gasteiger partial charge in [-0.25, -0.2) is 4.39 Å². The van der Waals surface area contributed by atoms with Crippen LogP contribution in [0.5, 0.6) is 5.75 Å². The normalized spacial score (nSPS) is 14.0. The first kappa shape index (κ1) is 17.4. The Hall–Kier alpha value is -2.40. The molecule has 132 valence electrons. The molecule has 0 atom stereocenters. The molecule has 1 amide bonds. The molecule has 1 aliphatic heterocycles. The van der Waals surface area contributed by atoms with Gasteiger partial charge in [0.1, 0.15) is 0 Å². The molecule has 4 nitrogen and oxygen atoms in total. The summed E-state index contributed by atoms with van der Waals surface area (Å²) in [7, 11) is 1.40. The third kappa shape index (κ3) is 4.37. The van der Waals surface area contributed by atoms with Crippen molar-refractivity contribution in [3.63, 3.8) is 0 Å². The van der Waals surface area contributed by atoms with Gasteiger partial charge in [0.15, 0.2) is 11.6 Å². The fourth-order valence-electron chi connectivity index (χ4n) is 3.16. The zero-order valence-electron chi connectivity index (χ0n) is 14.4. The van der Waals surface area contributed by atoms with Gasteiger partial charge >= 0.3 is 0 Å². The molecule has 0 bridgehead atoms. The van der Waals surface area contributed by atoms with Gasteiger partial charge in [-0.05, 0) is 42.2 Å². The summed E-state index contributed by atoms with van der Waals surface area (Å²) in [5.74, 6) is -0.644. The number of carbonyl (C=O) groups is 1. The molecule has 1 heterocycles. The first-order valence-electron chi connectivity index (χ1n) is 8.58. The molecule has 1 N–H and O–H groups in total. The van der Waals surface area contributed by atoms with Gasteiger partial charge in [0.25, 0.3) is 5.91 Å². The lowest BCUT2D eigenvalue weighted by Crippen LogP contribution is -2.33. The van der Waals surface area contributed by atoms with Crippen molar-refractivity contribution in [2.45, 2.75) is 19.4 Å². The van der Waals surface area contributed by atoms with Crippen molar-refractivity contribution in [1.29, 1.82) is 0 Å². The van der Waals surface area contributed by atoms with Crippen LogP contribution in [-0.2, 0) is 13.0 Å². The highest BCUT2D eigenvalue weighted by atomic mass is 19.1. The molecule has 0 fully saturated rings. The van der Waals surface area contributed by atoms with Gasteiger partial charge in [0.2, 0.25) is 0 Å². The number of hydrogen-bond acceptors (Lipinski definition) is 3. The van der Waals surface area contributed by atoms with E-state index in [-0.39, 0.29) is 11.7 Å². The number of carbonyl (C=O) groups excluding carboxylic acids is 1. The molecule has 0 radical (unpaired) electrons. The van der Waals surface area contributed by atoms with Crippen molar-refractivity contribution >= 4 is 5.91 Å². The second-order valence-corrected chi connectivity index (χ2v) is 6.25. The van der Waals surface area contributed by atoms with Crippen LogP contribution in [0.3, 0.4) is 0 Å². The number of nitrogens with zero attached hydrogens (tertiary/aromatic N) is 1. The number of ether oxygens (including phenoxy) is 1. The summed E-state index contributed by atoms with van der Waals surface area (Å²) >= 11 is 0. The quantitative estimate of drug-likeness (QED) is 0.821. The van der Waals surface area contributed by atoms with Gasteiger partial charge in [-0.3, -0.25) is 9.69 Å². The minimum atomic E-state index is -0.526. The van der Waals surface area contributed by atoms with Crippen LogP contribution >= 0.6 is 0 Å². The van der Waals surface area contributed by atoms with E-state index in [4.69, 9.17) is 4.74 Å². The molecule has 5 heteroatoms. The Labute approximate surface area is 147 Å². The Morgan fingerprint density at radius 1 is 1.24 bits per heavy atom. The largest absolute Gasteiger partial charge is 0.494 e. The summed E-state index contributed by atoms with van der Waals surface area (Å²) in [5.41, 5.74) is 3.14. The third-order valence-corrected chi connectivity index (χ3v) is 4.56. The number of benzene rings is 2. The van der Waals surface area contributed by atoms with E-state index in [9.17, 15) is 9.18 Å². The highest BCUT2D eigenvalue weighted by Crippen LogP contribution is 2.19. The Bertz CT molecular complexity index is 748. The fraction of sp³-hybridized carbons (Fsp3) is 0.350. The van der Waals surface area contributed by atoms with Gasteiger partial charge in [-0.2, -0.15) is 0 Å². The molecule has 0 saturated carbocycles. The van der Waals surface area contributed by atoms with E-state index in [1.165, 1.54) is 30.4 Å². The summed E-state index contributed by atoms with van der Waals surface area (Å²) in [4.78, 5) is 14.5. The predicted molar refractivity (Wildman–Crippen MR) is 95.3 cm³/mol. The van der Waals surface area contributed by atoms with Crippen LogP contribution in [0, 0.1) is 5.82 Å². The average Bonchev–Trinajstić information content (AvgIpc) is 2.64. The molecule has 0 unspecified atom stereocenters. The van der Waals surface area contributed by atoms with Gasteiger partial charge in [-0.15, -0.1) is 0 Å². The smallest absolute Gasteiger partial charge is 0.251 e. The molecule has 0 spiro atoms. The first-order valence-corrected chi connectivity index (χ1v) is 8.58. The summed E-state index contributed by atoms with van der Waals surface area (Å²) in [5, 5.41) is 2.85. The van der Waals surface area contributed by atoms with Crippen LogP contribution in [-0.4, -0.2) is 37.6 Å². The number of methoxy groups -OCH3 is 1. The second-order valence-electron chi connectivity index (χ2n) is 6.25. The Kier molecular flexibility index (Phi) is 5.66. The Morgan fingerprint density at radius 2 is 2.04 bits per heavy atom. The molecule has 0 saturated heterocycles. The van der Waals surface area contributed by atoms with Crippen LogP contribution in [0.25, 0.3) is 0 Å². The van der Waals surface area contributed by atoms with Crippen LogP contribution < -0.4 is 10.1 Å². The van der Waals surface area contributed by atoms with Crippen molar-refractivity contribution in [3.8, 4) is 5.75 Å². The van der Waals surface area contributed by atoms with E-state index >= 15 is 0 Å². The number of rotatable bonds is 6. The van der Waals surface area contributed by atoms with Crippen LogP contribution in [0.2, 0.25) is 0 Å². The maximum Gasteiger partial charge on any atom is 0.251 e. The summed E-state index contributed by atoms with van der Waals surface area (Å²) in [6.45, 7) is 3.53. The van der Waals surface area contributed by atoms with Crippen LogP contribution in [0.4, 0.5) is 4.39 Å². The molecule has 1 aliphatic rings. The molecule has 0 aliphatic carbocycles. The number of fused-ring (bicyclic) bond motifs is 1. The molecular formula is C20H23FN2O2. The lowest BCUT2D eigenvalue weighted by Gasteiger charge is -2.28. The summed E-state index contributed by atoms with van der Waals surface area (Å²) in [6, 6.07) is 12.8. The number of nitrogens with one attached hydrogen (secondary N) is 1. The van der Waals surface area contributed by atoms with E-state index in [0.29, 0.717) is 12.1 Å². The minimum Gasteiger partial charge on any atom is -0.494 e. The molecule has 25 heavy (non-hydrogen) atoms. The lowest BCUT2D eigenvalue weighted by atomic mass is 10.00. The van der Waals surface area contributed by atoms with Crippen molar-refractivity contribution < 1.29 is 13.9 Å². The number of hydrogen-bond donors (Lipinski definition) is 1. The van der Waals surface area contributed by atoms with E-state index in [1.807, 2.05) is 0 Å². The summed E-state index contributed by atoms with van der Waals surface area (Å²) < 4.78 is 18.5. The van der Waals surface area contributed by atoms with Gasteiger partial charge < -0.3 is 10.1 Å². The minimum absolute atomic E-state index is 0.141. The fourth-order valence-corrected chi connectivity index (χ4v) is 3.16. The van der Waals surface area contributed by atoms with E-state index < -0.39 is 5.82 Å². The van der Waals surface area contributed by atoms with Crippen LogP contribution in [0.1, 0.15) is 27.9 Å². The van der Waals surface area contributed by atoms with E-state index in [2.05, 4.69) is 34.5 Å². The van der Waals surface area contributed by atoms with Crippen molar-refractivity contribution in [1.82, 2.24) is 10.2 Å². The lowest BCUT2D eigenvalue weighted by molar-refractivity contribution is 0.0950. The highest BCUT2D eigenvalue weighted by molar-refractivity contribution is 5.94. The predicted octanol–water partition coefficient (Wildman–Crippen LogP) is 3.01. The standard InChI is InChI=1S/C20H23FN2O2/c1-25-19-8-7-16(13-18(19)21)20(24)22-10-4-11-23-12-9-15-5-2-3-6-17(15)14-23/h2-3,5-8,13H,4,9-12,14H2,1H3,(H,22,24). The van der Waals surface area contributed by atoms with E-state index in [0.717, 1.165) is 32.5 Å². The van der Waals surface area contributed by atoms with Gasteiger partial charge in [0.05, 0.1) is 7.11 Å². The third-order valence-electron chi connectivity index (χ3n) is 4.56. The topological polar surface area (TPSA) is 41.6 Å². The van der Waals surface area contributed by atoms with Crippen molar-refractivity contribution in [3.05, 3.63) is 65.0 Å². The second kappa shape index (κ2) is 8.12. The molecule has 3 rings (SSSR count). The SMILES string of the molecule is COc1ccc(C(=O)NCCCN2CCc3ccccc3C2)cc1F. The molecule has 0 aromatic heterocycles. The molecule has 2 aromatic carbocycles. The van der Waals surface area contributed by atoms with E-state index in [1.54, 1.807) is 6.07 Å². The zero-order chi connectivity index (χ0) is 17.6. The maximum absolute atomic E-state index is 13.7. The average molecular weight is 342 g/mol. The van der Waals surface area contributed by atoms with Gasteiger partial charge in [0, 0.05) is 31.7 Å². The number of halogens is 1. The maximum atomic E-state index is 13.7. The summed E-state index contributed by atoms with van der Waals surface area (Å²) in [6.07, 6.45) is 1.94. The Balaban J connectivity index is 1.43. The molecular weight excluding hydrogens is 319 g/mol. The van der Waals surface area contributed by atoms with Crippen molar-refractivity contribution in [2.24, 2.45) is 0 Å². The highest BCUT2D eigenvalue weighted by Gasteiger charge is 2.15. The van der Waals surface area contributed by atoms with Crippen LogP contribution in [0.15, 0.2) is 42.5 Å². The Morgan fingerprint density at radius 3 is 2.80 bits per heavy atom. The van der Waals surface area contributed by atoms with Gasteiger partial charge in [-0.1, -0.05) is 24.3 Å². The number of amides is 1. The first-order chi connectivity index (χ1) is 12.2. The monoisotopic (exact) mass is 342 g/mol. The molecule has 2 aromatic rings.